The molecular formula is C17H13FN4O2. The molecule has 120 valence electrons. The minimum atomic E-state index is -0.594. The van der Waals surface area contributed by atoms with E-state index in [0.29, 0.717) is 11.3 Å². The highest BCUT2D eigenvalue weighted by Crippen LogP contribution is 2.17. The molecule has 0 radical (unpaired) electrons. The molecule has 0 saturated heterocycles. The highest BCUT2D eigenvalue weighted by Gasteiger charge is 2.24. The maximum Gasteiger partial charge on any atom is 0.299 e. The van der Waals surface area contributed by atoms with E-state index in [2.05, 4.69) is 5.32 Å². The molecule has 0 fully saturated rings. The number of nitriles is 1. The van der Waals surface area contributed by atoms with Crippen LogP contribution in [0.4, 0.5) is 10.1 Å². The summed E-state index contributed by atoms with van der Waals surface area (Å²) in [7, 11) is 0. The monoisotopic (exact) mass is 324 g/mol. The maximum atomic E-state index is 12.9. The van der Waals surface area contributed by atoms with Gasteiger partial charge in [0, 0.05) is 11.8 Å². The van der Waals surface area contributed by atoms with Crippen LogP contribution in [-0.4, -0.2) is 10.3 Å². The lowest BCUT2D eigenvalue weighted by molar-refractivity contribution is -0.711. The van der Waals surface area contributed by atoms with Crippen LogP contribution >= 0.6 is 0 Å². The van der Waals surface area contributed by atoms with Crippen LogP contribution in [0.3, 0.4) is 0 Å². The number of fused-ring (bicyclic) bond motifs is 1. The van der Waals surface area contributed by atoms with E-state index < -0.39 is 17.6 Å². The van der Waals surface area contributed by atoms with Gasteiger partial charge in [-0.1, -0.05) is 6.07 Å². The van der Waals surface area contributed by atoms with Gasteiger partial charge in [0.2, 0.25) is 5.69 Å². The normalized spacial score (nSPS) is 10.5. The summed E-state index contributed by atoms with van der Waals surface area (Å²) in [6.07, 6.45) is 1.77. The Labute approximate surface area is 137 Å². The lowest BCUT2D eigenvalue weighted by atomic mass is 10.3. The number of amides is 1. The fraction of sp³-hybridized carbons (Fsp3) is 0.118. The first-order valence-electron chi connectivity index (χ1n) is 7.25. The Morgan fingerprint density at radius 2 is 2.04 bits per heavy atom. The zero-order chi connectivity index (χ0) is 17.1. The second kappa shape index (κ2) is 6.38. The number of halogens is 1. The first kappa shape index (κ1) is 15.5. The third-order valence-electron chi connectivity index (χ3n) is 3.57. The highest BCUT2D eigenvalue weighted by atomic mass is 19.1. The molecule has 2 heterocycles. The fourth-order valence-electron chi connectivity index (χ4n) is 2.49. The van der Waals surface area contributed by atoms with Crippen LogP contribution in [0.1, 0.15) is 16.9 Å². The van der Waals surface area contributed by atoms with Gasteiger partial charge in [-0.2, -0.15) is 9.66 Å². The van der Waals surface area contributed by atoms with E-state index >= 15 is 0 Å². The maximum absolute atomic E-state index is 12.9. The molecule has 0 spiro atoms. The summed E-state index contributed by atoms with van der Waals surface area (Å²) in [5.41, 5.74) is 0.852. The first-order chi connectivity index (χ1) is 11.6. The highest BCUT2D eigenvalue weighted by molar-refractivity contribution is 6.04. The third-order valence-corrected chi connectivity index (χ3v) is 3.57. The predicted octanol–water partition coefficient (Wildman–Crippen LogP) is 1.61. The molecule has 1 amide bonds. The van der Waals surface area contributed by atoms with Crippen molar-refractivity contribution in [3.05, 3.63) is 60.2 Å². The molecule has 1 aromatic carbocycles. The van der Waals surface area contributed by atoms with Crippen molar-refractivity contribution in [2.75, 3.05) is 5.32 Å². The number of carbonyl (C=O) groups excluding carboxylic acids is 1. The molecule has 0 aliphatic heterocycles. The number of hydrogen-bond acceptors (Lipinski definition) is 3. The van der Waals surface area contributed by atoms with Gasteiger partial charge in [-0.15, -0.1) is 0 Å². The molecule has 2 aromatic heterocycles. The van der Waals surface area contributed by atoms with E-state index in [0.717, 1.165) is 0 Å². The Morgan fingerprint density at radius 1 is 1.29 bits per heavy atom. The summed E-state index contributed by atoms with van der Waals surface area (Å²) in [5, 5.41) is 23.9. The molecule has 1 N–H and O–H groups in total. The standard InChI is InChI=1S/C17H13FN4O2/c18-12-5-7-13(8-6-12)20-16(23)15-17(24)22(11-3-9-19)14-4-1-2-10-21(14)15/h1-2,4-8,10H,3,11H2,(H-,20,23,24). The number of rotatable bonds is 4. The Bertz CT molecular complexity index is 942. The van der Waals surface area contributed by atoms with Crippen LogP contribution < -0.4 is 15.0 Å². The average molecular weight is 324 g/mol. The Hall–Kier alpha value is -3.40. The summed E-state index contributed by atoms with van der Waals surface area (Å²) < 4.78 is 15.8. The number of imidazole rings is 1. The summed E-state index contributed by atoms with van der Waals surface area (Å²) in [5.74, 6) is -1.49. The van der Waals surface area contributed by atoms with E-state index in [9.17, 15) is 14.3 Å². The molecule has 0 atom stereocenters. The lowest BCUT2D eigenvalue weighted by Gasteiger charge is -2.06. The lowest BCUT2D eigenvalue weighted by Crippen LogP contribution is -2.36. The minimum absolute atomic E-state index is 0.0622. The molecule has 0 aliphatic carbocycles. The molecule has 0 unspecified atom stereocenters. The van der Waals surface area contributed by atoms with E-state index in [1.54, 1.807) is 24.4 Å². The van der Waals surface area contributed by atoms with E-state index in [1.165, 1.54) is 33.2 Å². The number of pyridine rings is 1. The molecule has 0 aliphatic rings. The summed E-state index contributed by atoms with van der Waals surface area (Å²) >= 11 is 0. The third kappa shape index (κ3) is 2.77. The quantitative estimate of drug-likeness (QED) is 0.740. The van der Waals surface area contributed by atoms with Crippen molar-refractivity contribution >= 4 is 17.2 Å². The van der Waals surface area contributed by atoms with E-state index in [-0.39, 0.29) is 18.7 Å². The molecule has 3 rings (SSSR count). The molecule has 6 nitrogen and oxygen atoms in total. The summed E-state index contributed by atoms with van der Waals surface area (Å²) in [6, 6.07) is 12.4. The van der Waals surface area contributed by atoms with Crippen LogP contribution in [0, 0.1) is 17.1 Å². The largest absolute Gasteiger partial charge is 0.839 e. The molecule has 0 bridgehead atoms. The van der Waals surface area contributed by atoms with Crippen LogP contribution in [0.25, 0.3) is 5.65 Å². The number of aromatic nitrogens is 2. The van der Waals surface area contributed by atoms with Crippen molar-refractivity contribution < 1.29 is 18.9 Å². The average Bonchev–Trinajstić information content (AvgIpc) is 2.86. The number of nitrogens with one attached hydrogen (secondary N) is 1. The fourth-order valence-corrected chi connectivity index (χ4v) is 2.49. The molecule has 3 aromatic rings. The number of hydrogen-bond donors (Lipinski definition) is 1. The van der Waals surface area contributed by atoms with Crippen LogP contribution in [0.15, 0.2) is 48.7 Å². The van der Waals surface area contributed by atoms with Gasteiger partial charge in [0.05, 0.1) is 18.7 Å². The van der Waals surface area contributed by atoms with Gasteiger partial charge in [0.1, 0.15) is 18.2 Å². The minimum Gasteiger partial charge on any atom is -0.839 e. The van der Waals surface area contributed by atoms with Crippen LogP contribution in [0.2, 0.25) is 0 Å². The summed E-state index contributed by atoms with van der Waals surface area (Å²) in [6.45, 7) is 0.201. The van der Waals surface area contributed by atoms with Crippen LogP contribution in [-0.2, 0) is 6.54 Å². The zero-order valence-electron chi connectivity index (χ0n) is 12.6. The second-order valence-corrected chi connectivity index (χ2v) is 5.10. The Morgan fingerprint density at radius 3 is 2.75 bits per heavy atom. The topological polar surface area (TPSA) is 84.2 Å². The van der Waals surface area contributed by atoms with Crippen molar-refractivity contribution in [1.29, 1.82) is 5.26 Å². The van der Waals surface area contributed by atoms with Gasteiger partial charge >= 0.3 is 0 Å². The van der Waals surface area contributed by atoms with E-state index in [4.69, 9.17) is 5.26 Å². The molecule has 24 heavy (non-hydrogen) atoms. The smallest absolute Gasteiger partial charge is 0.299 e. The Kier molecular flexibility index (Phi) is 4.12. The van der Waals surface area contributed by atoms with Crippen molar-refractivity contribution in [3.63, 3.8) is 0 Å². The molecular weight excluding hydrogens is 311 g/mol. The number of anilines is 1. The van der Waals surface area contributed by atoms with Gasteiger partial charge < -0.3 is 10.4 Å². The van der Waals surface area contributed by atoms with Crippen molar-refractivity contribution in [1.82, 2.24) is 4.40 Å². The van der Waals surface area contributed by atoms with Gasteiger partial charge in [-0.25, -0.2) is 8.96 Å². The summed E-state index contributed by atoms with van der Waals surface area (Å²) in [4.78, 5) is 12.5. The second-order valence-electron chi connectivity index (χ2n) is 5.10. The first-order valence-corrected chi connectivity index (χ1v) is 7.25. The molecule has 7 heteroatoms. The number of benzene rings is 1. The van der Waals surface area contributed by atoms with Gasteiger partial charge in [0.25, 0.3) is 11.6 Å². The SMILES string of the molecule is N#CCC[n+]1c([O-])c(C(=O)Nc2ccc(F)cc2)n2ccccc21. The van der Waals surface area contributed by atoms with Gasteiger partial charge in [0.15, 0.2) is 0 Å². The van der Waals surface area contributed by atoms with Gasteiger partial charge in [-0.3, -0.25) is 4.79 Å². The predicted molar refractivity (Wildman–Crippen MR) is 81.6 cm³/mol. The van der Waals surface area contributed by atoms with Crippen molar-refractivity contribution in [3.8, 4) is 11.9 Å². The van der Waals surface area contributed by atoms with Crippen molar-refractivity contribution in [2.45, 2.75) is 13.0 Å². The number of aryl methyl sites for hydroxylation is 1. The molecule has 0 saturated carbocycles. The van der Waals surface area contributed by atoms with Crippen LogP contribution in [0.5, 0.6) is 5.88 Å². The Balaban J connectivity index is 2.02. The number of nitrogens with zero attached hydrogens (tertiary/aromatic N) is 3. The van der Waals surface area contributed by atoms with E-state index in [1.807, 2.05) is 6.07 Å². The van der Waals surface area contributed by atoms with Gasteiger partial charge in [-0.05, 0) is 30.3 Å². The number of carbonyl (C=O) groups is 1. The van der Waals surface area contributed by atoms with Crippen molar-refractivity contribution in [2.24, 2.45) is 0 Å². The zero-order valence-corrected chi connectivity index (χ0v) is 12.6.